The highest BCUT2D eigenvalue weighted by Gasteiger charge is 2.38. The number of carboxylic acid groups (broad SMARTS) is 1. The van der Waals surface area contributed by atoms with Crippen molar-refractivity contribution >= 4 is 74.3 Å². The summed E-state index contributed by atoms with van der Waals surface area (Å²) < 4.78 is 47.2. The molecule has 2 heterocycles. The number of aliphatic carboxylic acids is 1. The van der Waals surface area contributed by atoms with Crippen LogP contribution in [0.25, 0.3) is 10.8 Å². The van der Waals surface area contributed by atoms with Crippen LogP contribution in [0, 0.1) is 20.8 Å². The van der Waals surface area contributed by atoms with Crippen LogP contribution in [0.15, 0.2) is 76.6 Å². The van der Waals surface area contributed by atoms with Gasteiger partial charge in [0.25, 0.3) is 10.0 Å². The third kappa shape index (κ3) is 18.1. The Bertz CT molecular complexity index is 3250. The van der Waals surface area contributed by atoms with Gasteiger partial charge in [-0.15, -0.1) is 0 Å². The van der Waals surface area contributed by atoms with Crippen molar-refractivity contribution in [3.05, 3.63) is 100 Å². The number of hydrogen-bond donors (Lipinski definition) is 9. The van der Waals surface area contributed by atoms with Crippen LogP contribution in [0.4, 0.5) is 4.79 Å². The molecule has 6 rings (SSSR count). The molecule has 0 bridgehead atoms. The number of unbranched alkanes of at least 4 members (excludes halogenated alkanes) is 2. The lowest BCUT2D eigenvalue weighted by atomic mass is 9.94. The number of nitrogens with one attached hydrogen (secondary N) is 7. The first kappa shape index (κ1) is 63.9. The van der Waals surface area contributed by atoms with Crippen LogP contribution in [0.3, 0.4) is 0 Å². The predicted octanol–water partition coefficient (Wildman–Crippen LogP) is 4.43. The van der Waals surface area contributed by atoms with Gasteiger partial charge in [0.1, 0.15) is 46.9 Å². The molecule has 1 fully saturated rings. The van der Waals surface area contributed by atoms with Crippen molar-refractivity contribution in [1.82, 2.24) is 36.6 Å². The number of rotatable bonds is 19. The van der Waals surface area contributed by atoms with Crippen molar-refractivity contribution in [3.63, 3.8) is 0 Å². The fourth-order valence-electron chi connectivity index (χ4n) is 9.77. The standard InChI is InChI=1S/C59H77N9O14S/c1-33-34(2)50(36(4)42-31-59(8,9)82-49(33)42)83(78,79)68-56(60)61-26-16-20-43-51(71)63-32-47(69)64-46(30-48(70)81-58(5,6)7)54(74)67-45(27-37-17-12-10-13-18-37)53(73)66-44(52(72)65-43)19-14-11-15-25-62-57(77)80-41-24-23-39-28-38(35(3)55(75)76)21-22-40(39)29-41/h10,12-13,17-18,21-24,28-29,35,43-46H,11,14-16,19-20,25-27,30-32H2,1-9H3,(H,62,77)(H,63,71)(H,64,69)(H,65,72)(H,66,73)(H,67,74)(H,75,76)(H3,60,61,68)/t35-,43-,44-,45+,46-/m0/s1. The lowest BCUT2D eigenvalue weighted by Crippen LogP contribution is -2.58. The van der Waals surface area contributed by atoms with Crippen LogP contribution in [0.1, 0.15) is 126 Å². The molecule has 1 saturated heterocycles. The second-order valence-electron chi connectivity index (χ2n) is 22.6. The molecule has 0 aromatic heterocycles. The molecule has 448 valence electrons. The van der Waals surface area contributed by atoms with Crippen LogP contribution in [-0.4, -0.2) is 122 Å². The van der Waals surface area contributed by atoms with Gasteiger partial charge >= 0.3 is 18.0 Å². The van der Waals surface area contributed by atoms with Gasteiger partial charge in [0, 0.05) is 31.5 Å². The van der Waals surface area contributed by atoms with Gasteiger partial charge < -0.3 is 57.0 Å². The molecule has 4 aromatic rings. The van der Waals surface area contributed by atoms with Crippen LogP contribution in [0.2, 0.25) is 0 Å². The van der Waals surface area contributed by atoms with Gasteiger partial charge in [-0.25, -0.2) is 17.9 Å². The van der Waals surface area contributed by atoms with E-state index in [1.54, 1.807) is 115 Å². The molecule has 24 heteroatoms. The maximum Gasteiger partial charge on any atom is 0.412 e. The van der Waals surface area contributed by atoms with Gasteiger partial charge in [0.15, 0.2) is 0 Å². The number of hydrogen-bond acceptors (Lipinski definition) is 14. The van der Waals surface area contributed by atoms with Gasteiger partial charge in [-0.1, -0.05) is 67.4 Å². The Balaban J connectivity index is 1.17. The van der Waals surface area contributed by atoms with Crippen LogP contribution in [0.5, 0.6) is 11.5 Å². The SMILES string of the molecule is Cc1c(C)c(S(=O)(=O)NC(N)=NCCC[C@@H]2NC(=O)[C@H](CCCCCNC(=O)Oc3ccc4cc([C@H](C)C(=O)O)ccc4c3)NC(=O)[C@@H](Cc3ccccc3)NC(=O)[C@H](CC(=O)OC(C)(C)C)NC(=O)CNC2=O)c(C)c2c1OC(C)(C)C2. The van der Waals surface area contributed by atoms with Crippen molar-refractivity contribution in [2.45, 2.75) is 166 Å². The van der Waals surface area contributed by atoms with Crippen molar-refractivity contribution < 1.29 is 66.1 Å². The first-order valence-electron chi connectivity index (χ1n) is 27.6. The third-order valence-electron chi connectivity index (χ3n) is 14.1. The first-order chi connectivity index (χ1) is 39.0. The largest absolute Gasteiger partial charge is 0.487 e. The van der Waals surface area contributed by atoms with Crippen molar-refractivity contribution in [2.75, 3.05) is 19.6 Å². The lowest BCUT2D eigenvalue weighted by molar-refractivity contribution is -0.156. The molecule has 0 spiro atoms. The molecule has 10 N–H and O–H groups in total. The number of fused-ring (bicyclic) bond motifs is 2. The molecule has 23 nitrogen and oxygen atoms in total. The summed E-state index contributed by atoms with van der Waals surface area (Å²) in [5.74, 6) is -6.18. The van der Waals surface area contributed by atoms with Gasteiger partial charge in [0.2, 0.25) is 35.5 Å². The van der Waals surface area contributed by atoms with Gasteiger partial charge in [-0.2, -0.15) is 0 Å². The van der Waals surface area contributed by atoms with Crippen LogP contribution < -0.4 is 51.8 Å². The molecule has 0 radical (unpaired) electrons. The normalized spacial score (nSPS) is 19.2. The molecule has 6 amide bonds. The highest BCUT2D eigenvalue weighted by Crippen LogP contribution is 2.43. The highest BCUT2D eigenvalue weighted by molar-refractivity contribution is 7.90. The summed E-state index contributed by atoms with van der Waals surface area (Å²) in [4.78, 5) is 112. The van der Waals surface area contributed by atoms with E-state index in [1.165, 1.54) is 0 Å². The van der Waals surface area contributed by atoms with Crippen LogP contribution in [-0.2, 0) is 61.2 Å². The maximum absolute atomic E-state index is 14.4. The minimum absolute atomic E-state index is 0.0160. The summed E-state index contributed by atoms with van der Waals surface area (Å²) in [7, 11) is -4.25. The Morgan fingerprint density at radius 3 is 2.11 bits per heavy atom. The van der Waals surface area contributed by atoms with E-state index in [-0.39, 0.29) is 49.4 Å². The van der Waals surface area contributed by atoms with E-state index in [1.807, 2.05) is 13.8 Å². The number of esters is 1. The number of carboxylic acids is 1. The Morgan fingerprint density at radius 2 is 1.42 bits per heavy atom. The lowest BCUT2D eigenvalue weighted by Gasteiger charge is -2.26. The Labute approximate surface area is 483 Å². The van der Waals surface area contributed by atoms with Gasteiger partial charge in [-0.3, -0.25) is 38.6 Å². The molecule has 83 heavy (non-hydrogen) atoms. The maximum atomic E-state index is 14.4. The molecular weight excluding hydrogens is 1090 g/mol. The number of nitrogens with two attached hydrogens (primary N) is 1. The zero-order valence-corrected chi connectivity index (χ0v) is 49.2. The summed E-state index contributed by atoms with van der Waals surface area (Å²) in [6, 6.07) is 13.3. The van der Waals surface area contributed by atoms with Crippen molar-refractivity contribution in [3.8, 4) is 11.5 Å². The smallest absolute Gasteiger partial charge is 0.412 e. The molecule has 0 saturated carbocycles. The Morgan fingerprint density at radius 1 is 0.795 bits per heavy atom. The second-order valence-corrected chi connectivity index (χ2v) is 24.2. The average molecular weight is 1170 g/mol. The first-order valence-corrected chi connectivity index (χ1v) is 29.1. The van der Waals surface area contributed by atoms with Gasteiger partial charge in [0.05, 0.1) is 23.8 Å². The number of carbonyl (C=O) groups excluding carboxylic acids is 7. The summed E-state index contributed by atoms with van der Waals surface area (Å²) >= 11 is 0. The highest BCUT2D eigenvalue weighted by atomic mass is 32.2. The van der Waals surface area contributed by atoms with Crippen molar-refractivity contribution in [2.24, 2.45) is 10.7 Å². The van der Waals surface area contributed by atoms with Gasteiger partial charge in [-0.05, 0) is 139 Å². The van der Waals surface area contributed by atoms with E-state index in [9.17, 15) is 51.9 Å². The number of ether oxygens (including phenoxy) is 3. The zero-order chi connectivity index (χ0) is 61.0. The number of guanidine groups is 1. The molecule has 0 unspecified atom stereocenters. The Kier molecular flexibility index (Phi) is 21.3. The minimum Gasteiger partial charge on any atom is -0.487 e. The monoisotopic (exact) mass is 1170 g/mol. The van der Waals surface area contributed by atoms with E-state index in [4.69, 9.17) is 19.9 Å². The van der Waals surface area contributed by atoms with E-state index in [2.05, 4.69) is 41.6 Å². The number of nitrogens with zero attached hydrogens (tertiary/aromatic N) is 1. The molecule has 2 aliphatic rings. The fourth-order valence-corrected chi connectivity index (χ4v) is 11.3. The number of aliphatic imine (C=N–C) groups is 1. The van der Waals surface area contributed by atoms with E-state index >= 15 is 0 Å². The summed E-state index contributed by atoms with van der Waals surface area (Å²) in [6.45, 7) is 14.9. The Hall–Kier alpha value is -8.28. The predicted molar refractivity (Wildman–Crippen MR) is 309 cm³/mol. The molecule has 5 atom stereocenters. The molecule has 4 aromatic carbocycles. The summed E-state index contributed by atoms with van der Waals surface area (Å²) in [5.41, 5.74) is 8.42. The number of sulfonamides is 1. The fraction of sp³-hybridized carbons (Fsp3) is 0.475. The summed E-state index contributed by atoms with van der Waals surface area (Å²) in [5, 5.41) is 26.7. The minimum atomic E-state index is -4.25. The van der Waals surface area contributed by atoms with Crippen LogP contribution >= 0.6 is 0 Å². The van der Waals surface area contributed by atoms with Crippen molar-refractivity contribution in [1.29, 1.82) is 0 Å². The molecule has 0 aliphatic carbocycles. The quantitative estimate of drug-likeness (QED) is 0.0271. The van der Waals surface area contributed by atoms with E-state index < -0.39 is 118 Å². The average Bonchev–Trinajstić information content (AvgIpc) is 3.54. The topological polar surface area (TPSA) is 341 Å². The zero-order valence-electron chi connectivity index (χ0n) is 48.4. The van der Waals surface area contributed by atoms with E-state index in [0.29, 0.717) is 59.3 Å². The summed E-state index contributed by atoms with van der Waals surface area (Å²) in [6.07, 6.45) is 0.170. The number of carbonyl (C=O) groups is 8. The number of amides is 6. The second kappa shape index (κ2) is 27.7. The molecular formula is C59H77N9O14S. The molecule has 2 aliphatic heterocycles. The number of benzene rings is 4. The third-order valence-corrected chi connectivity index (χ3v) is 15.8. The van der Waals surface area contributed by atoms with E-state index in [0.717, 1.165) is 16.3 Å².